The number of nitrogens with zero attached hydrogens (tertiary/aromatic N) is 1. The third-order valence-electron chi connectivity index (χ3n) is 3.89. The van der Waals surface area contributed by atoms with Crippen LogP contribution in [0.1, 0.15) is 35.9 Å². The first-order valence-electron chi connectivity index (χ1n) is 6.49. The number of ether oxygens (including phenoxy) is 1. The lowest BCUT2D eigenvalue weighted by atomic mass is 9.97. The van der Waals surface area contributed by atoms with Crippen LogP contribution in [0.15, 0.2) is 5.38 Å². The quantitative estimate of drug-likeness (QED) is 0.909. The summed E-state index contributed by atoms with van der Waals surface area (Å²) in [6, 6.07) is 0. The summed E-state index contributed by atoms with van der Waals surface area (Å²) in [4.78, 5) is 15.5. The van der Waals surface area contributed by atoms with Crippen LogP contribution >= 0.6 is 11.3 Å². The zero-order chi connectivity index (χ0) is 12.5. The standard InChI is InChI=1S/C13H17NO3S/c15-13(16)10-5-9(10)6-12-14-11(7-18-12)8-1-3-17-4-2-8/h7-10H,1-6H2,(H,15,16). The monoisotopic (exact) mass is 267 g/mol. The highest BCUT2D eigenvalue weighted by molar-refractivity contribution is 7.09. The molecule has 1 aromatic rings. The van der Waals surface area contributed by atoms with Crippen LogP contribution in [0.4, 0.5) is 0 Å². The highest BCUT2D eigenvalue weighted by atomic mass is 32.1. The Balaban J connectivity index is 1.58. The first-order chi connectivity index (χ1) is 8.74. The van der Waals surface area contributed by atoms with Gasteiger partial charge in [0, 0.05) is 30.9 Å². The molecule has 2 aliphatic rings. The minimum Gasteiger partial charge on any atom is -0.481 e. The number of hydrogen-bond acceptors (Lipinski definition) is 4. The molecule has 98 valence electrons. The summed E-state index contributed by atoms with van der Waals surface area (Å²) < 4.78 is 5.35. The molecule has 2 atom stereocenters. The van der Waals surface area contributed by atoms with Gasteiger partial charge in [0.25, 0.3) is 0 Å². The van der Waals surface area contributed by atoms with E-state index in [-0.39, 0.29) is 5.92 Å². The summed E-state index contributed by atoms with van der Waals surface area (Å²) in [6.45, 7) is 1.67. The van der Waals surface area contributed by atoms with Crippen molar-refractivity contribution in [2.24, 2.45) is 11.8 Å². The Bertz CT molecular complexity index is 439. The number of aromatic nitrogens is 1. The number of carboxylic acid groups (broad SMARTS) is 1. The van der Waals surface area contributed by atoms with Crippen molar-refractivity contribution < 1.29 is 14.6 Å². The number of rotatable bonds is 4. The number of carboxylic acids is 1. The van der Waals surface area contributed by atoms with Crippen LogP contribution in [0.5, 0.6) is 0 Å². The fourth-order valence-electron chi connectivity index (χ4n) is 2.60. The molecule has 1 saturated carbocycles. The summed E-state index contributed by atoms with van der Waals surface area (Å²) in [6.07, 6.45) is 3.78. The van der Waals surface area contributed by atoms with E-state index in [0.717, 1.165) is 43.9 Å². The highest BCUT2D eigenvalue weighted by Crippen LogP contribution is 2.42. The summed E-state index contributed by atoms with van der Waals surface area (Å²) in [5.41, 5.74) is 1.19. The van der Waals surface area contributed by atoms with Gasteiger partial charge in [-0.25, -0.2) is 4.98 Å². The molecule has 5 heteroatoms. The molecule has 2 fully saturated rings. The minimum atomic E-state index is -0.652. The Morgan fingerprint density at radius 2 is 2.28 bits per heavy atom. The van der Waals surface area contributed by atoms with Gasteiger partial charge in [-0.2, -0.15) is 0 Å². The molecule has 2 unspecified atom stereocenters. The van der Waals surface area contributed by atoms with Gasteiger partial charge >= 0.3 is 5.97 Å². The van der Waals surface area contributed by atoms with Crippen LogP contribution in [0, 0.1) is 11.8 Å². The molecular formula is C13H17NO3S. The van der Waals surface area contributed by atoms with Gasteiger partial charge in [-0.15, -0.1) is 11.3 Å². The Morgan fingerprint density at radius 3 is 2.94 bits per heavy atom. The van der Waals surface area contributed by atoms with Gasteiger partial charge in [-0.05, 0) is 25.2 Å². The van der Waals surface area contributed by atoms with Crippen LogP contribution in [0.2, 0.25) is 0 Å². The molecule has 2 heterocycles. The number of carbonyl (C=O) groups is 1. The van der Waals surface area contributed by atoms with Crippen molar-refractivity contribution in [3.05, 3.63) is 16.1 Å². The lowest BCUT2D eigenvalue weighted by Gasteiger charge is -2.19. The van der Waals surface area contributed by atoms with Crippen LogP contribution in [-0.4, -0.2) is 29.3 Å². The van der Waals surface area contributed by atoms with Gasteiger partial charge in [0.15, 0.2) is 0 Å². The fraction of sp³-hybridized carbons (Fsp3) is 0.692. The molecule has 18 heavy (non-hydrogen) atoms. The second kappa shape index (κ2) is 4.97. The van der Waals surface area contributed by atoms with E-state index in [1.165, 1.54) is 5.69 Å². The number of thiazole rings is 1. The Kier molecular flexibility index (Phi) is 3.35. The SMILES string of the molecule is O=C(O)C1CC1Cc1nc(C2CCOCC2)cs1. The molecule has 1 aromatic heterocycles. The van der Waals surface area contributed by atoms with Crippen LogP contribution < -0.4 is 0 Å². The van der Waals surface area contributed by atoms with Gasteiger partial charge in [-0.3, -0.25) is 4.79 Å². The average molecular weight is 267 g/mol. The number of hydrogen-bond donors (Lipinski definition) is 1. The lowest BCUT2D eigenvalue weighted by molar-refractivity contribution is -0.138. The molecule has 0 amide bonds. The zero-order valence-corrected chi connectivity index (χ0v) is 11.0. The van der Waals surface area contributed by atoms with Gasteiger partial charge in [0.1, 0.15) is 0 Å². The van der Waals surface area contributed by atoms with E-state index in [4.69, 9.17) is 9.84 Å². The molecule has 4 nitrogen and oxygen atoms in total. The van der Waals surface area contributed by atoms with Gasteiger partial charge in [0.05, 0.1) is 16.6 Å². The molecule has 1 saturated heterocycles. The van der Waals surface area contributed by atoms with Crippen LogP contribution in [-0.2, 0) is 16.0 Å². The van der Waals surface area contributed by atoms with Crippen molar-refractivity contribution in [2.45, 2.75) is 31.6 Å². The normalized spacial score (nSPS) is 28.2. The number of aliphatic carboxylic acids is 1. The largest absolute Gasteiger partial charge is 0.481 e. The lowest BCUT2D eigenvalue weighted by Crippen LogP contribution is -2.14. The van der Waals surface area contributed by atoms with E-state index in [2.05, 4.69) is 10.4 Å². The molecule has 1 aliphatic heterocycles. The summed E-state index contributed by atoms with van der Waals surface area (Å²) in [5.74, 6) is 0.0797. The van der Waals surface area contributed by atoms with Crippen molar-refractivity contribution in [3.8, 4) is 0 Å². The third-order valence-corrected chi connectivity index (χ3v) is 4.78. The van der Waals surface area contributed by atoms with E-state index in [9.17, 15) is 4.79 Å². The smallest absolute Gasteiger partial charge is 0.306 e. The molecule has 0 aromatic carbocycles. The van der Waals surface area contributed by atoms with E-state index in [1.54, 1.807) is 11.3 Å². The maximum absolute atomic E-state index is 10.8. The Hall–Kier alpha value is -0.940. The summed E-state index contributed by atoms with van der Waals surface area (Å²) >= 11 is 1.68. The van der Waals surface area contributed by atoms with Gasteiger partial charge < -0.3 is 9.84 Å². The molecule has 0 bridgehead atoms. The summed E-state index contributed by atoms with van der Waals surface area (Å²) in [7, 11) is 0. The molecule has 0 radical (unpaired) electrons. The first-order valence-corrected chi connectivity index (χ1v) is 7.37. The van der Waals surface area contributed by atoms with E-state index < -0.39 is 5.97 Å². The maximum Gasteiger partial charge on any atom is 0.306 e. The fourth-order valence-corrected chi connectivity index (χ4v) is 3.57. The van der Waals surface area contributed by atoms with E-state index >= 15 is 0 Å². The van der Waals surface area contributed by atoms with Crippen molar-refractivity contribution in [1.29, 1.82) is 0 Å². The Labute approximate surface area is 110 Å². The molecule has 3 rings (SSSR count). The van der Waals surface area contributed by atoms with Crippen molar-refractivity contribution in [3.63, 3.8) is 0 Å². The van der Waals surface area contributed by atoms with Gasteiger partial charge in [-0.1, -0.05) is 0 Å². The average Bonchev–Trinajstić information content (AvgIpc) is 2.99. The van der Waals surface area contributed by atoms with Crippen molar-refractivity contribution in [1.82, 2.24) is 4.98 Å². The molecule has 1 N–H and O–H groups in total. The topological polar surface area (TPSA) is 59.4 Å². The van der Waals surface area contributed by atoms with E-state index in [0.29, 0.717) is 11.8 Å². The first kappa shape index (κ1) is 12.1. The zero-order valence-electron chi connectivity index (χ0n) is 10.2. The van der Waals surface area contributed by atoms with E-state index in [1.807, 2.05) is 0 Å². The highest BCUT2D eigenvalue weighted by Gasteiger charge is 2.43. The van der Waals surface area contributed by atoms with Crippen LogP contribution in [0.3, 0.4) is 0 Å². The second-order valence-corrected chi connectivity index (χ2v) is 6.14. The summed E-state index contributed by atoms with van der Waals surface area (Å²) in [5, 5.41) is 12.1. The third kappa shape index (κ3) is 2.57. The minimum absolute atomic E-state index is 0.125. The predicted octanol–water partition coefficient (Wildman–Crippen LogP) is 2.30. The molecule has 0 spiro atoms. The van der Waals surface area contributed by atoms with Gasteiger partial charge in [0.2, 0.25) is 0 Å². The molecular weight excluding hydrogens is 250 g/mol. The second-order valence-electron chi connectivity index (χ2n) is 5.20. The maximum atomic E-state index is 10.8. The molecule has 1 aliphatic carbocycles. The van der Waals surface area contributed by atoms with Crippen LogP contribution in [0.25, 0.3) is 0 Å². The van der Waals surface area contributed by atoms with Crippen molar-refractivity contribution in [2.75, 3.05) is 13.2 Å². The predicted molar refractivity (Wildman–Crippen MR) is 67.8 cm³/mol. The Morgan fingerprint density at radius 1 is 1.50 bits per heavy atom. The van der Waals surface area contributed by atoms with Crippen molar-refractivity contribution >= 4 is 17.3 Å².